The quantitative estimate of drug-likeness (QED) is 0.464. The van der Waals surface area contributed by atoms with Crippen LogP contribution in [0.5, 0.6) is 0 Å². The number of rotatable bonds is 5. The van der Waals surface area contributed by atoms with Crippen LogP contribution in [-0.4, -0.2) is 23.7 Å². The summed E-state index contributed by atoms with van der Waals surface area (Å²) in [4.78, 5) is 23.4. The number of hydrogen-bond donors (Lipinski definition) is 4. The number of hydrogen-bond acceptors (Lipinski definition) is 4. The Morgan fingerprint density at radius 1 is 1.04 bits per heavy atom. The van der Waals surface area contributed by atoms with Crippen molar-refractivity contribution in [2.45, 2.75) is 13.5 Å². The van der Waals surface area contributed by atoms with Gasteiger partial charge in [0, 0.05) is 17.8 Å². The van der Waals surface area contributed by atoms with Gasteiger partial charge in [0.25, 0.3) is 5.91 Å². The van der Waals surface area contributed by atoms with Crippen LogP contribution in [0.4, 0.5) is 14.9 Å². The molecule has 0 unspecified atom stereocenters. The van der Waals surface area contributed by atoms with Gasteiger partial charge in [-0.25, -0.2) is 9.18 Å². The third-order valence-electron chi connectivity index (χ3n) is 3.32. The number of nitrogens with one attached hydrogen (secondary N) is 4. The summed E-state index contributed by atoms with van der Waals surface area (Å²) in [5.74, 6) is -0.709. The molecule has 0 bridgehead atoms. The molecule has 2 rings (SSSR count). The maximum absolute atomic E-state index is 12.8. The molecule has 0 saturated carbocycles. The molecular weight excluding hydrogens is 371 g/mol. The molecule has 7 nitrogen and oxygen atoms in total. The van der Waals surface area contributed by atoms with E-state index >= 15 is 0 Å². The molecule has 0 aliphatic rings. The average Bonchev–Trinajstić information content (AvgIpc) is 2.66. The lowest BCUT2D eigenvalue weighted by Gasteiger charge is -2.12. The third-order valence-corrected chi connectivity index (χ3v) is 3.57. The first-order chi connectivity index (χ1) is 13.0. The van der Waals surface area contributed by atoms with Crippen molar-refractivity contribution in [3.63, 3.8) is 0 Å². The number of benzene rings is 2. The van der Waals surface area contributed by atoms with Gasteiger partial charge in [-0.3, -0.25) is 21.0 Å². The fourth-order valence-electron chi connectivity index (χ4n) is 2.00. The Kier molecular flexibility index (Phi) is 7.50. The maximum atomic E-state index is 12.8. The van der Waals surface area contributed by atoms with Crippen LogP contribution in [0.1, 0.15) is 22.8 Å². The van der Waals surface area contributed by atoms with Crippen LogP contribution < -0.4 is 21.5 Å². The summed E-state index contributed by atoms with van der Waals surface area (Å²) in [5, 5.41) is 5.64. The number of thiocarbonyl (C=S) groups is 1. The summed E-state index contributed by atoms with van der Waals surface area (Å²) in [6.45, 7) is 2.36. The standard InChI is InChI=1S/C18H19FN4O3S/c1-2-26-18(25)21-15-9-5-13(6-10-15)16(24)22-23-17(27)20-11-12-3-7-14(19)8-4-12/h3-10H,2,11H2,1H3,(H,21,25)(H,22,24)(H2,20,23,27). The normalized spacial score (nSPS) is 9.85. The average molecular weight is 390 g/mol. The molecule has 2 aromatic rings. The van der Waals surface area contributed by atoms with Gasteiger partial charge in [0.2, 0.25) is 0 Å². The first kappa shape index (κ1) is 20.1. The van der Waals surface area contributed by atoms with Crippen LogP contribution in [0.25, 0.3) is 0 Å². The molecule has 9 heteroatoms. The summed E-state index contributed by atoms with van der Waals surface area (Å²) in [7, 11) is 0. The van der Waals surface area contributed by atoms with Gasteiger partial charge in [-0.15, -0.1) is 0 Å². The molecule has 0 radical (unpaired) electrons. The van der Waals surface area contributed by atoms with Crippen molar-refractivity contribution in [1.82, 2.24) is 16.2 Å². The Hall–Kier alpha value is -3.20. The molecule has 0 heterocycles. The molecule has 0 atom stereocenters. The van der Waals surface area contributed by atoms with Gasteiger partial charge in [-0.05, 0) is 61.1 Å². The van der Waals surface area contributed by atoms with Crippen LogP contribution in [-0.2, 0) is 11.3 Å². The summed E-state index contributed by atoms with van der Waals surface area (Å²) in [6, 6.07) is 12.2. The smallest absolute Gasteiger partial charge is 0.411 e. The molecule has 0 fully saturated rings. The van der Waals surface area contributed by atoms with E-state index in [1.165, 1.54) is 12.1 Å². The van der Waals surface area contributed by atoms with Crippen molar-refractivity contribution in [2.75, 3.05) is 11.9 Å². The predicted molar refractivity (Wildman–Crippen MR) is 104 cm³/mol. The molecule has 142 valence electrons. The van der Waals surface area contributed by atoms with E-state index in [4.69, 9.17) is 17.0 Å². The molecular formula is C18H19FN4O3S. The van der Waals surface area contributed by atoms with Gasteiger partial charge in [0.05, 0.1) is 6.61 Å². The topological polar surface area (TPSA) is 91.5 Å². The Morgan fingerprint density at radius 3 is 2.33 bits per heavy atom. The summed E-state index contributed by atoms with van der Waals surface area (Å²) in [5.41, 5.74) is 6.77. The second-order valence-corrected chi connectivity index (χ2v) is 5.72. The van der Waals surface area contributed by atoms with Crippen LogP contribution >= 0.6 is 12.2 Å². The van der Waals surface area contributed by atoms with Gasteiger partial charge < -0.3 is 10.1 Å². The largest absolute Gasteiger partial charge is 0.450 e. The molecule has 0 saturated heterocycles. The van der Waals surface area contributed by atoms with Crippen molar-refractivity contribution in [1.29, 1.82) is 0 Å². The minimum absolute atomic E-state index is 0.216. The van der Waals surface area contributed by atoms with Crippen molar-refractivity contribution >= 4 is 35.0 Å². The highest BCUT2D eigenvalue weighted by Crippen LogP contribution is 2.09. The first-order valence-electron chi connectivity index (χ1n) is 8.10. The van der Waals surface area contributed by atoms with Crippen LogP contribution in [0.2, 0.25) is 0 Å². The molecule has 4 N–H and O–H groups in total. The number of ether oxygens (including phenoxy) is 1. The van der Waals surface area contributed by atoms with Crippen LogP contribution in [0, 0.1) is 5.82 Å². The van der Waals surface area contributed by atoms with Crippen LogP contribution in [0.3, 0.4) is 0 Å². The number of carbonyl (C=O) groups excluding carboxylic acids is 2. The predicted octanol–water partition coefficient (Wildman–Crippen LogP) is 2.70. The zero-order chi connectivity index (χ0) is 19.6. The van der Waals surface area contributed by atoms with Gasteiger partial charge in [-0.1, -0.05) is 12.1 Å². The molecule has 2 aromatic carbocycles. The van der Waals surface area contributed by atoms with Crippen molar-refractivity contribution in [3.05, 3.63) is 65.5 Å². The van der Waals surface area contributed by atoms with Gasteiger partial charge in [-0.2, -0.15) is 0 Å². The lowest BCUT2D eigenvalue weighted by molar-refractivity contribution is 0.0943. The fourth-order valence-corrected chi connectivity index (χ4v) is 2.13. The van der Waals surface area contributed by atoms with E-state index in [1.807, 2.05) is 0 Å². The minimum atomic E-state index is -0.561. The Bertz CT molecular complexity index is 797. The minimum Gasteiger partial charge on any atom is -0.450 e. The molecule has 0 spiro atoms. The molecule has 0 aliphatic carbocycles. The van der Waals surface area contributed by atoms with Crippen molar-refractivity contribution < 1.29 is 18.7 Å². The molecule has 0 aliphatic heterocycles. The van der Waals surface area contributed by atoms with Crippen molar-refractivity contribution in [2.24, 2.45) is 0 Å². The van der Waals surface area contributed by atoms with E-state index < -0.39 is 12.0 Å². The van der Waals surface area contributed by atoms with E-state index in [-0.39, 0.29) is 17.5 Å². The lowest BCUT2D eigenvalue weighted by atomic mass is 10.2. The van der Waals surface area contributed by atoms with Gasteiger partial charge in [0.1, 0.15) is 5.82 Å². The highest BCUT2D eigenvalue weighted by atomic mass is 32.1. The van der Waals surface area contributed by atoms with Gasteiger partial charge in [0.15, 0.2) is 5.11 Å². The highest BCUT2D eigenvalue weighted by Gasteiger charge is 2.07. The van der Waals surface area contributed by atoms with E-state index in [9.17, 15) is 14.0 Å². The Morgan fingerprint density at radius 2 is 1.70 bits per heavy atom. The third kappa shape index (κ3) is 6.90. The summed E-state index contributed by atoms with van der Waals surface area (Å²) < 4.78 is 17.6. The van der Waals surface area contributed by atoms with E-state index in [1.54, 1.807) is 43.3 Å². The van der Waals surface area contributed by atoms with Gasteiger partial charge >= 0.3 is 6.09 Å². The Labute approximate surface area is 161 Å². The fraction of sp³-hybridized carbons (Fsp3) is 0.167. The molecule has 27 heavy (non-hydrogen) atoms. The number of carbonyl (C=O) groups is 2. The monoisotopic (exact) mass is 390 g/mol. The Balaban J connectivity index is 1.76. The molecule has 0 aromatic heterocycles. The zero-order valence-electron chi connectivity index (χ0n) is 14.5. The number of amides is 2. The molecule has 2 amide bonds. The number of hydrazine groups is 1. The SMILES string of the molecule is CCOC(=O)Nc1ccc(C(=O)NNC(=S)NCc2ccc(F)cc2)cc1. The number of halogens is 1. The van der Waals surface area contributed by atoms with E-state index in [0.29, 0.717) is 17.8 Å². The second kappa shape index (κ2) is 10.1. The first-order valence-corrected chi connectivity index (χ1v) is 8.51. The number of anilines is 1. The maximum Gasteiger partial charge on any atom is 0.411 e. The lowest BCUT2D eigenvalue weighted by Crippen LogP contribution is -2.46. The highest BCUT2D eigenvalue weighted by molar-refractivity contribution is 7.80. The second-order valence-electron chi connectivity index (χ2n) is 5.31. The van der Waals surface area contributed by atoms with E-state index in [0.717, 1.165) is 5.56 Å². The van der Waals surface area contributed by atoms with E-state index in [2.05, 4.69) is 21.5 Å². The summed E-state index contributed by atoms with van der Waals surface area (Å²) >= 11 is 5.07. The van der Waals surface area contributed by atoms with Crippen molar-refractivity contribution in [3.8, 4) is 0 Å². The zero-order valence-corrected chi connectivity index (χ0v) is 15.4. The van der Waals surface area contributed by atoms with Crippen LogP contribution in [0.15, 0.2) is 48.5 Å². The summed E-state index contributed by atoms with van der Waals surface area (Å²) in [6.07, 6.45) is -0.561.